The molecule has 1 aliphatic rings. The maximum absolute atomic E-state index is 16.0. The molecule has 1 aliphatic heterocycles. The van der Waals surface area contributed by atoms with Gasteiger partial charge in [0, 0.05) is 49.2 Å². The number of benzene rings is 2. The number of nitrogens with zero attached hydrogens (tertiary/aromatic N) is 4. The van der Waals surface area contributed by atoms with Crippen LogP contribution in [0.4, 0.5) is 20.5 Å². The van der Waals surface area contributed by atoms with E-state index in [1.165, 1.54) is 25.3 Å². The second kappa shape index (κ2) is 10.6. The molecule has 2 heterocycles. The van der Waals surface area contributed by atoms with Crippen molar-refractivity contribution >= 4 is 40.2 Å². The minimum atomic E-state index is -0.879. The highest BCUT2D eigenvalue weighted by atomic mass is 35.5. The zero-order chi connectivity index (χ0) is 26.9. The van der Waals surface area contributed by atoms with Gasteiger partial charge in [-0.1, -0.05) is 17.7 Å². The number of phenols is 1. The van der Waals surface area contributed by atoms with Gasteiger partial charge in [-0.2, -0.15) is 4.98 Å². The predicted molar refractivity (Wildman–Crippen MR) is 140 cm³/mol. The van der Waals surface area contributed by atoms with Crippen LogP contribution in [0.1, 0.15) is 27.2 Å². The van der Waals surface area contributed by atoms with Crippen LogP contribution in [0.25, 0.3) is 22.0 Å². The van der Waals surface area contributed by atoms with Crippen molar-refractivity contribution in [3.63, 3.8) is 0 Å². The Bertz CT molecular complexity index is 1300. The van der Waals surface area contributed by atoms with Gasteiger partial charge in [0.25, 0.3) is 0 Å². The van der Waals surface area contributed by atoms with Crippen LogP contribution < -0.4 is 10.2 Å². The number of methoxy groups -OCH3 is 1. The van der Waals surface area contributed by atoms with Crippen LogP contribution in [0.15, 0.2) is 24.3 Å². The molecule has 3 aromatic rings. The lowest BCUT2D eigenvalue weighted by molar-refractivity contribution is -0.140. The number of anilines is 2. The Kier molecular flexibility index (Phi) is 7.70. The minimum Gasteiger partial charge on any atom is -0.507 e. The fraction of sp³-hybridized carbons (Fsp3) is 0.423. The van der Waals surface area contributed by atoms with E-state index in [0.29, 0.717) is 24.3 Å². The average molecular weight is 534 g/mol. The lowest BCUT2D eigenvalue weighted by Gasteiger charge is -2.42. The smallest absolute Gasteiger partial charge is 0.307 e. The molecule has 2 aromatic carbocycles. The molecule has 0 radical (unpaired) electrons. The topological polar surface area (TPSA) is 90.8 Å². The van der Waals surface area contributed by atoms with Gasteiger partial charge < -0.3 is 20.1 Å². The number of fused-ring (bicyclic) bond motifs is 1. The van der Waals surface area contributed by atoms with Crippen molar-refractivity contribution < 1.29 is 23.4 Å². The number of hydrogen-bond donors (Lipinski definition) is 2. The number of carbonyl (C=O) groups is 1. The highest BCUT2D eigenvalue weighted by molar-refractivity contribution is 6.34. The number of phenolic OH excluding ortho intramolecular Hbond substituents is 1. The summed E-state index contributed by atoms with van der Waals surface area (Å²) in [6.07, 6.45) is 0.0644. The Morgan fingerprint density at radius 1 is 1.16 bits per heavy atom. The number of nitrogens with one attached hydrogen (secondary N) is 1. The maximum atomic E-state index is 16.0. The zero-order valence-electron chi connectivity index (χ0n) is 21.2. The van der Waals surface area contributed by atoms with Crippen molar-refractivity contribution in [2.45, 2.75) is 32.7 Å². The van der Waals surface area contributed by atoms with Crippen molar-refractivity contribution in [2.24, 2.45) is 0 Å². The first-order valence-corrected chi connectivity index (χ1v) is 12.4. The number of aromatic nitrogens is 2. The van der Waals surface area contributed by atoms with Crippen molar-refractivity contribution in [3.05, 3.63) is 40.9 Å². The van der Waals surface area contributed by atoms with E-state index in [1.807, 2.05) is 4.90 Å². The molecule has 198 valence electrons. The van der Waals surface area contributed by atoms with Crippen LogP contribution in [0.3, 0.4) is 0 Å². The average Bonchev–Trinajstić information content (AvgIpc) is 2.85. The molecule has 2 N–H and O–H groups in total. The Morgan fingerprint density at radius 2 is 1.86 bits per heavy atom. The maximum Gasteiger partial charge on any atom is 0.307 e. The van der Waals surface area contributed by atoms with Gasteiger partial charge in [0.15, 0.2) is 5.82 Å². The Labute approximate surface area is 219 Å². The lowest BCUT2D eigenvalue weighted by Crippen LogP contribution is -2.53. The van der Waals surface area contributed by atoms with Crippen LogP contribution >= 0.6 is 11.6 Å². The molecule has 0 amide bonds. The van der Waals surface area contributed by atoms with Gasteiger partial charge in [0.05, 0.1) is 24.1 Å². The molecule has 0 unspecified atom stereocenters. The fourth-order valence-corrected chi connectivity index (χ4v) is 4.74. The van der Waals surface area contributed by atoms with E-state index in [0.717, 1.165) is 19.2 Å². The quantitative estimate of drug-likeness (QED) is 0.435. The summed E-state index contributed by atoms with van der Waals surface area (Å²) in [5, 5.41) is 13.5. The molecule has 37 heavy (non-hydrogen) atoms. The first-order chi connectivity index (χ1) is 17.5. The molecule has 11 heteroatoms. The number of ether oxygens (including phenoxy) is 1. The van der Waals surface area contributed by atoms with Crippen LogP contribution in [0.2, 0.25) is 5.02 Å². The standard InChI is InChI=1S/C26H30ClF2N5O3/c1-26(2,3)34-12-10-33(11-13-34)24-15-14-16(27)20(21-17(28)6-5-7-18(21)35)22(29)23(15)31-25(32-24)30-9-8-19(36)37-4/h5-7,14,35H,8-13H2,1-4H3,(H,30,31,32). The summed E-state index contributed by atoms with van der Waals surface area (Å²) in [5.41, 5.74) is -0.698. The third kappa shape index (κ3) is 5.55. The Morgan fingerprint density at radius 3 is 2.49 bits per heavy atom. The van der Waals surface area contributed by atoms with E-state index in [9.17, 15) is 14.3 Å². The summed E-state index contributed by atoms with van der Waals surface area (Å²) in [4.78, 5) is 24.9. The molecule has 8 nitrogen and oxygen atoms in total. The molecule has 1 aromatic heterocycles. The van der Waals surface area contributed by atoms with Gasteiger partial charge in [-0.05, 0) is 39.0 Å². The molecular weight excluding hydrogens is 504 g/mol. The van der Waals surface area contributed by atoms with Gasteiger partial charge in [-0.25, -0.2) is 13.8 Å². The number of piperazine rings is 1. The van der Waals surface area contributed by atoms with Crippen molar-refractivity contribution in [1.29, 1.82) is 0 Å². The first-order valence-electron chi connectivity index (χ1n) is 12.0. The fourth-order valence-electron chi connectivity index (χ4n) is 4.46. The highest BCUT2D eigenvalue weighted by Crippen LogP contribution is 2.42. The van der Waals surface area contributed by atoms with Crippen LogP contribution in [-0.2, 0) is 9.53 Å². The number of halogens is 3. The van der Waals surface area contributed by atoms with Gasteiger partial charge in [0.2, 0.25) is 5.95 Å². The summed E-state index contributed by atoms with van der Waals surface area (Å²) in [6, 6.07) is 5.21. The molecule has 1 fully saturated rings. The monoisotopic (exact) mass is 533 g/mol. The summed E-state index contributed by atoms with van der Waals surface area (Å²) in [7, 11) is 1.29. The van der Waals surface area contributed by atoms with Gasteiger partial charge in [-0.15, -0.1) is 0 Å². The first kappa shape index (κ1) is 26.8. The summed E-state index contributed by atoms with van der Waals surface area (Å²) in [5.74, 6) is -1.97. The molecule has 0 aliphatic carbocycles. The largest absolute Gasteiger partial charge is 0.507 e. The van der Waals surface area contributed by atoms with Gasteiger partial charge in [-0.3, -0.25) is 9.69 Å². The SMILES string of the molecule is COC(=O)CCNc1nc(N2CCN(C(C)(C)C)CC2)c2cc(Cl)c(-c3c(O)cccc3F)c(F)c2n1. The lowest BCUT2D eigenvalue weighted by atomic mass is 10.0. The number of esters is 1. The Hall–Kier alpha value is -3.24. The van der Waals surface area contributed by atoms with E-state index in [1.54, 1.807) is 0 Å². The van der Waals surface area contributed by atoms with Gasteiger partial charge in [0.1, 0.15) is 22.9 Å². The third-order valence-corrected chi connectivity index (χ3v) is 6.77. The summed E-state index contributed by atoms with van der Waals surface area (Å²) in [6.45, 7) is 9.46. The summed E-state index contributed by atoms with van der Waals surface area (Å²) < 4.78 is 35.4. The third-order valence-electron chi connectivity index (χ3n) is 6.47. The normalized spacial score (nSPS) is 14.7. The van der Waals surface area contributed by atoms with Crippen molar-refractivity contribution in [2.75, 3.05) is 50.1 Å². The zero-order valence-corrected chi connectivity index (χ0v) is 22.0. The van der Waals surface area contributed by atoms with Crippen molar-refractivity contribution in [3.8, 4) is 16.9 Å². The van der Waals surface area contributed by atoms with E-state index in [4.69, 9.17) is 11.6 Å². The number of aromatic hydroxyl groups is 1. The molecule has 0 bridgehead atoms. The van der Waals surface area contributed by atoms with Crippen molar-refractivity contribution in [1.82, 2.24) is 14.9 Å². The minimum absolute atomic E-state index is 0.00646. The van der Waals surface area contributed by atoms with E-state index < -0.39 is 23.4 Å². The predicted octanol–water partition coefficient (Wildman–Crippen LogP) is 4.83. The number of hydrogen-bond acceptors (Lipinski definition) is 8. The highest BCUT2D eigenvalue weighted by Gasteiger charge is 2.29. The second-order valence-electron chi connectivity index (χ2n) is 9.85. The van der Waals surface area contributed by atoms with Gasteiger partial charge >= 0.3 is 5.97 Å². The molecule has 0 spiro atoms. The molecule has 0 saturated carbocycles. The molecular formula is C26H30ClF2N5O3. The Balaban J connectivity index is 1.82. The summed E-state index contributed by atoms with van der Waals surface area (Å²) >= 11 is 6.49. The van der Waals surface area contributed by atoms with E-state index in [-0.39, 0.29) is 46.1 Å². The number of carbonyl (C=O) groups excluding carboxylic acids is 1. The van der Waals surface area contributed by atoms with Crippen LogP contribution in [0.5, 0.6) is 5.75 Å². The number of rotatable bonds is 6. The molecule has 1 saturated heterocycles. The molecule has 4 rings (SSSR count). The van der Waals surface area contributed by atoms with E-state index in [2.05, 4.69) is 45.7 Å². The van der Waals surface area contributed by atoms with E-state index >= 15 is 4.39 Å². The van der Waals surface area contributed by atoms with Crippen LogP contribution in [0, 0.1) is 11.6 Å². The van der Waals surface area contributed by atoms with Crippen LogP contribution in [-0.4, -0.2) is 71.3 Å². The second-order valence-corrected chi connectivity index (χ2v) is 10.3. The molecule has 0 atom stereocenters.